The SMILES string of the molecule is COc1ccc(C(=O)c2cc(N)ccc2Cl)c(Cl)c1. The number of ether oxygens (including phenoxy) is 1. The fourth-order valence-electron chi connectivity index (χ4n) is 1.67. The Hall–Kier alpha value is -1.71. The van der Waals surface area contributed by atoms with Crippen LogP contribution < -0.4 is 10.5 Å². The average Bonchev–Trinajstić information content (AvgIpc) is 2.40. The third-order valence-corrected chi connectivity index (χ3v) is 3.30. The maximum Gasteiger partial charge on any atom is 0.196 e. The quantitative estimate of drug-likeness (QED) is 0.692. The van der Waals surface area contributed by atoms with Gasteiger partial charge >= 0.3 is 0 Å². The third-order valence-electron chi connectivity index (χ3n) is 2.66. The maximum atomic E-state index is 12.4. The van der Waals surface area contributed by atoms with Gasteiger partial charge in [-0.15, -0.1) is 0 Å². The highest BCUT2D eigenvalue weighted by atomic mass is 35.5. The van der Waals surface area contributed by atoms with Crippen molar-refractivity contribution in [2.45, 2.75) is 0 Å². The van der Waals surface area contributed by atoms with Crippen LogP contribution in [0.2, 0.25) is 10.0 Å². The number of carbonyl (C=O) groups is 1. The van der Waals surface area contributed by atoms with Gasteiger partial charge in [-0.1, -0.05) is 23.2 Å². The Bertz CT molecular complexity index is 641. The van der Waals surface area contributed by atoms with Crippen LogP contribution in [0.4, 0.5) is 5.69 Å². The van der Waals surface area contributed by atoms with Crippen molar-refractivity contribution >= 4 is 34.7 Å². The second kappa shape index (κ2) is 5.51. The summed E-state index contributed by atoms with van der Waals surface area (Å²) in [5.74, 6) is 0.310. The normalized spacial score (nSPS) is 10.3. The molecular weight excluding hydrogens is 285 g/mol. The molecule has 2 aromatic rings. The first-order valence-corrected chi connectivity index (χ1v) is 6.22. The topological polar surface area (TPSA) is 52.3 Å². The van der Waals surface area contributed by atoms with Crippen LogP contribution in [0, 0.1) is 0 Å². The highest BCUT2D eigenvalue weighted by molar-refractivity contribution is 6.38. The fraction of sp³-hybridized carbons (Fsp3) is 0.0714. The fourth-order valence-corrected chi connectivity index (χ4v) is 2.13. The first-order chi connectivity index (χ1) is 9.02. The molecule has 2 N–H and O–H groups in total. The summed E-state index contributed by atoms with van der Waals surface area (Å²) in [6.07, 6.45) is 0. The van der Waals surface area contributed by atoms with Gasteiger partial charge in [0, 0.05) is 16.8 Å². The molecule has 0 saturated heterocycles. The molecule has 0 aliphatic heterocycles. The predicted molar refractivity (Wildman–Crippen MR) is 77.3 cm³/mol. The number of hydrogen-bond donors (Lipinski definition) is 1. The highest BCUT2D eigenvalue weighted by Gasteiger charge is 2.16. The minimum atomic E-state index is -0.273. The van der Waals surface area contributed by atoms with Gasteiger partial charge in [0.15, 0.2) is 5.78 Å². The molecule has 2 aromatic carbocycles. The number of halogens is 2. The van der Waals surface area contributed by atoms with Gasteiger partial charge in [0.25, 0.3) is 0 Å². The van der Waals surface area contributed by atoms with Crippen molar-refractivity contribution in [2.24, 2.45) is 0 Å². The van der Waals surface area contributed by atoms with Crippen LogP contribution in [0.1, 0.15) is 15.9 Å². The smallest absolute Gasteiger partial charge is 0.196 e. The number of ketones is 1. The summed E-state index contributed by atoms with van der Waals surface area (Å²) in [4.78, 5) is 12.4. The molecule has 2 rings (SSSR count). The summed E-state index contributed by atoms with van der Waals surface area (Å²) >= 11 is 12.1. The molecule has 0 aromatic heterocycles. The Morgan fingerprint density at radius 3 is 2.42 bits per heavy atom. The molecule has 0 unspecified atom stereocenters. The van der Waals surface area contributed by atoms with E-state index in [1.165, 1.54) is 13.2 Å². The van der Waals surface area contributed by atoms with Gasteiger partial charge in [-0.3, -0.25) is 4.79 Å². The third kappa shape index (κ3) is 2.83. The molecule has 5 heteroatoms. The Balaban J connectivity index is 2.47. The second-order valence-electron chi connectivity index (χ2n) is 3.91. The summed E-state index contributed by atoms with van der Waals surface area (Å²) in [6, 6.07) is 9.60. The van der Waals surface area contributed by atoms with Crippen LogP contribution in [0.15, 0.2) is 36.4 Å². The Morgan fingerprint density at radius 2 is 1.79 bits per heavy atom. The molecule has 0 amide bonds. The zero-order chi connectivity index (χ0) is 14.0. The number of nitrogen functional groups attached to an aromatic ring is 1. The Kier molecular flexibility index (Phi) is 3.98. The van der Waals surface area contributed by atoms with E-state index < -0.39 is 0 Å². The number of carbonyl (C=O) groups excluding carboxylic acids is 1. The number of hydrogen-bond acceptors (Lipinski definition) is 3. The van der Waals surface area contributed by atoms with Crippen LogP contribution in [0.25, 0.3) is 0 Å². The van der Waals surface area contributed by atoms with Crippen molar-refractivity contribution in [1.29, 1.82) is 0 Å². The summed E-state index contributed by atoms with van der Waals surface area (Å²) in [5, 5.41) is 0.647. The van der Waals surface area contributed by atoms with E-state index >= 15 is 0 Å². The lowest BCUT2D eigenvalue weighted by atomic mass is 10.0. The van der Waals surface area contributed by atoms with E-state index in [0.29, 0.717) is 32.6 Å². The van der Waals surface area contributed by atoms with Crippen molar-refractivity contribution in [3.8, 4) is 5.75 Å². The molecule has 0 aliphatic rings. The van der Waals surface area contributed by atoms with Crippen molar-refractivity contribution in [1.82, 2.24) is 0 Å². The van der Waals surface area contributed by atoms with Gasteiger partial charge in [-0.25, -0.2) is 0 Å². The molecule has 0 atom stereocenters. The van der Waals surface area contributed by atoms with E-state index in [1.54, 1.807) is 30.3 Å². The number of rotatable bonds is 3. The van der Waals surface area contributed by atoms with E-state index in [9.17, 15) is 4.79 Å². The average molecular weight is 296 g/mol. The van der Waals surface area contributed by atoms with Crippen LogP contribution >= 0.6 is 23.2 Å². The molecule has 0 radical (unpaired) electrons. The lowest BCUT2D eigenvalue weighted by molar-refractivity contribution is 0.103. The number of nitrogens with two attached hydrogens (primary N) is 1. The first kappa shape index (κ1) is 13.7. The van der Waals surface area contributed by atoms with Crippen LogP contribution in [0.3, 0.4) is 0 Å². The highest BCUT2D eigenvalue weighted by Crippen LogP contribution is 2.28. The molecule has 3 nitrogen and oxygen atoms in total. The van der Waals surface area contributed by atoms with E-state index in [4.69, 9.17) is 33.7 Å². The van der Waals surface area contributed by atoms with Crippen LogP contribution in [-0.4, -0.2) is 12.9 Å². The van der Waals surface area contributed by atoms with E-state index in [0.717, 1.165) is 0 Å². The molecule has 19 heavy (non-hydrogen) atoms. The Labute approximate surface area is 120 Å². The number of anilines is 1. The zero-order valence-corrected chi connectivity index (χ0v) is 11.6. The summed E-state index contributed by atoms with van der Waals surface area (Å²) in [5.41, 5.74) is 6.82. The van der Waals surface area contributed by atoms with E-state index in [-0.39, 0.29) is 5.78 Å². The number of benzene rings is 2. The van der Waals surface area contributed by atoms with Crippen LogP contribution in [-0.2, 0) is 0 Å². The van der Waals surface area contributed by atoms with Gasteiger partial charge in [-0.2, -0.15) is 0 Å². The largest absolute Gasteiger partial charge is 0.497 e. The predicted octanol–water partition coefficient (Wildman–Crippen LogP) is 3.82. The van der Waals surface area contributed by atoms with E-state index in [2.05, 4.69) is 0 Å². The summed E-state index contributed by atoms with van der Waals surface area (Å²) in [7, 11) is 1.53. The molecule has 0 heterocycles. The van der Waals surface area contributed by atoms with Crippen molar-refractivity contribution < 1.29 is 9.53 Å². The lowest BCUT2D eigenvalue weighted by Crippen LogP contribution is -2.04. The van der Waals surface area contributed by atoms with E-state index in [1.807, 2.05) is 0 Å². The second-order valence-corrected chi connectivity index (χ2v) is 4.73. The molecule has 0 bridgehead atoms. The van der Waals surface area contributed by atoms with Gasteiger partial charge in [-0.05, 0) is 36.4 Å². The van der Waals surface area contributed by atoms with Gasteiger partial charge < -0.3 is 10.5 Å². The summed E-state index contributed by atoms with van der Waals surface area (Å²) < 4.78 is 5.04. The van der Waals surface area contributed by atoms with Crippen molar-refractivity contribution in [3.63, 3.8) is 0 Å². The maximum absolute atomic E-state index is 12.4. The minimum absolute atomic E-state index is 0.273. The van der Waals surface area contributed by atoms with Crippen molar-refractivity contribution in [3.05, 3.63) is 57.6 Å². The zero-order valence-electron chi connectivity index (χ0n) is 10.1. The van der Waals surface area contributed by atoms with Gasteiger partial charge in [0.2, 0.25) is 0 Å². The molecular formula is C14H11Cl2NO2. The van der Waals surface area contributed by atoms with Gasteiger partial charge in [0.1, 0.15) is 5.75 Å². The van der Waals surface area contributed by atoms with Crippen LogP contribution in [0.5, 0.6) is 5.75 Å². The minimum Gasteiger partial charge on any atom is -0.497 e. The first-order valence-electron chi connectivity index (χ1n) is 5.46. The molecule has 0 fully saturated rings. The standard InChI is InChI=1S/C14H11Cl2NO2/c1-19-9-3-4-10(13(16)7-9)14(18)11-6-8(17)2-5-12(11)15/h2-7H,17H2,1H3. The molecule has 0 spiro atoms. The molecule has 98 valence electrons. The Morgan fingerprint density at radius 1 is 1.05 bits per heavy atom. The number of methoxy groups -OCH3 is 1. The van der Waals surface area contributed by atoms with Gasteiger partial charge in [0.05, 0.1) is 17.2 Å². The summed E-state index contributed by atoms with van der Waals surface area (Å²) in [6.45, 7) is 0. The lowest BCUT2D eigenvalue weighted by Gasteiger charge is -2.08. The van der Waals surface area contributed by atoms with Crippen molar-refractivity contribution in [2.75, 3.05) is 12.8 Å². The molecule has 0 saturated carbocycles. The monoisotopic (exact) mass is 295 g/mol. The molecule has 0 aliphatic carbocycles.